The number of rotatable bonds is 5. The van der Waals surface area contributed by atoms with E-state index in [0.29, 0.717) is 11.3 Å². The van der Waals surface area contributed by atoms with Gasteiger partial charge in [0.1, 0.15) is 0 Å². The Labute approximate surface area is 113 Å². The van der Waals surface area contributed by atoms with Crippen LogP contribution in [0, 0.1) is 6.92 Å². The minimum atomic E-state index is -1.16. The topological polar surface area (TPSA) is 67.5 Å². The zero-order chi connectivity index (χ0) is 13.8. The van der Waals surface area contributed by atoms with E-state index in [2.05, 4.69) is 0 Å². The smallest absolute Gasteiger partial charge is 0.372 e. The number of carbonyl (C=O) groups is 1. The Morgan fingerprint density at radius 3 is 2.58 bits per heavy atom. The summed E-state index contributed by atoms with van der Waals surface area (Å²) in [6.07, 6.45) is 1.31. The highest BCUT2D eigenvalue weighted by atomic mass is 32.2. The van der Waals surface area contributed by atoms with E-state index in [0.717, 1.165) is 11.1 Å². The van der Waals surface area contributed by atoms with Crippen LogP contribution in [0.1, 0.15) is 27.2 Å². The van der Waals surface area contributed by atoms with Crippen molar-refractivity contribution in [2.45, 2.75) is 18.4 Å². The normalized spacial score (nSPS) is 12.3. The Morgan fingerprint density at radius 1 is 1.21 bits per heavy atom. The number of hydrogen-bond acceptors (Lipinski definition) is 3. The predicted molar refractivity (Wildman–Crippen MR) is 72.4 cm³/mol. The lowest BCUT2D eigenvalue weighted by molar-refractivity contribution is 0.0661. The van der Waals surface area contributed by atoms with Crippen LogP contribution in [0.25, 0.3) is 0 Å². The molecule has 2 aromatic rings. The van der Waals surface area contributed by atoms with Crippen molar-refractivity contribution < 1.29 is 18.5 Å². The van der Waals surface area contributed by atoms with Gasteiger partial charge in [0, 0.05) is 22.1 Å². The van der Waals surface area contributed by atoms with Gasteiger partial charge in [-0.05, 0) is 24.1 Å². The summed E-state index contributed by atoms with van der Waals surface area (Å²) < 4.78 is 17.0. The molecule has 0 saturated heterocycles. The van der Waals surface area contributed by atoms with E-state index in [-0.39, 0.29) is 11.5 Å². The number of aryl methyl sites for hydroxylation is 1. The summed E-state index contributed by atoms with van der Waals surface area (Å²) in [4.78, 5) is 10.9. The monoisotopic (exact) mass is 278 g/mol. The van der Waals surface area contributed by atoms with E-state index in [1.807, 2.05) is 31.2 Å². The number of carboxylic acids is 1. The van der Waals surface area contributed by atoms with Crippen molar-refractivity contribution in [2.24, 2.45) is 0 Å². The molecule has 2 rings (SSSR count). The van der Waals surface area contributed by atoms with E-state index < -0.39 is 16.8 Å². The highest BCUT2D eigenvalue weighted by Crippen LogP contribution is 2.16. The molecule has 0 aliphatic rings. The average Bonchev–Trinajstić information content (AvgIpc) is 2.80. The third kappa shape index (κ3) is 3.32. The molecule has 19 heavy (non-hydrogen) atoms. The molecule has 1 N–H and O–H groups in total. The van der Waals surface area contributed by atoms with E-state index in [1.54, 1.807) is 6.07 Å². The van der Waals surface area contributed by atoms with Crippen LogP contribution in [-0.4, -0.2) is 15.3 Å². The van der Waals surface area contributed by atoms with Crippen LogP contribution in [0.3, 0.4) is 0 Å². The summed E-state index contributed by atoms with van der Waals surface area (Å²) in [6, 6.07) is 9.29. The molecule has 0 fully saturated rings. The Morgan fingerprint density at radius 2 is 1.89 bits per heavy atom. The van der Waals surface area contributed by atoms with Crippen molar-refractivity contribution in [2.75, 3.05) is 0 Å². The van der Waals surface area contributed by atoms with Gasteiger partial charge in [0.2, 0.25) is 5.76 Å². The second kappa shape index (κ2) is 5.84. The molecular formula is C14H14O4S. The van der Waals surface area contributed by atoms with E-state index in [9.17, 15) is 9.00 Å². The molecule has 1 heterocycles. The molecule has 0 aliphatic carbocycles. The van der Waals surface area contributed by atoms with Gasteiger partial charge in [-0.3, -0.25) is 4.21 Å². The minimum absolute atomic E-state index is 0.127. The van der Waals surface area contributed by atoms with Gasteiger partial charge >= 0.3 is 5.97 Å². The molecule has 5 heteroatoms. The molecule has 1 unspecified atom stereocenters. The molecule has 1 aromatic carbocycles. The molecule has 1 aromatic heterocycles. The molecular weight excluding hydrogens is 264 g/mol. The molecule has 0 spiro atoms. The number of aromatic carboxylic acids is 1. The van der Waals surface area contributed by atoms with E-state index in [1.165, 1.54) is 6.26 Å². The lowest BCUT2D eigenvalue weighted by Gasteiger charge is -2.05. The molecule has 0 radical (unpaired) electrons. The van der Waals surface area contributed by atoms with Gasteiger partial charge in [-0.1, -0.05) is 24.3 Å². The Balaban J connectivity index is 2.08. The second-order valence-corrected chi connectivity index (χ2v) is 5.69. The fourth-order valence-corrected chi connectivity index (χ4v) is 3.15. The summed E-state index contributed by atoms with van der Waals surface area (Å²) >= 11 is 0. The second-order valence-electron chi connectivity index (χ2n) is 4.24. The van der Waals surface area contributed by atoms with Crippen molar-refractivity contribution >= 4 is 16.8 Å². The summed E-state index contributed by atoms with van der Waals surface area (Å²) in [5, 5.41) is 8.91. The zero-order valence-corrected chi connectivity index (χ0v) is 11.3. The first-order valence-electron chi connectivity index (χ1n) is 5.77. The fraction of sp³-hybridized carbons (Fsp3) is 0.214. The van der Waals surface area contributed by atoms with Crippen LogP contribution in [0.15, 0.2) is 41.0 Å². The van der Waals surface area contributed by atoms with Gasteiger partial charge in [0.05, 0.1) is 12.0 Å². The highest BCUT2D eigenvalue weighted by Gasteiger charge is 2.16. The van der Waals surface area contributed by atoms with Crippen LogP contribution in [0.5, 0.6) is 0 Å². The third-order valence-corrected chi connectivity index (χ3v) is 4.10. The maximum atomic E-state index is 12.1. The summed E-state index contributed by atoms with van der Waals surface area (Å²) in [6.45, 7) is 1.97. The Hall–Kier alpha value is -1.88. The number of hydrogen-bond donors (Lipinski definition) is 1. The molecule has 100 valence electrons. The van der Waals surface area contributed by atoms with Gasteiger partial charge in [0.15, 0.2) is 0 Å². The van der Waals surface area contributed by atoms with Crippen LogP contribution in [0.2, 0.25) is 0 Å². The van der Waals surface area contributed by atoms with Crippen molar-refractivity contribution in [1.29, 1.82) is 0 Å². The summed E-state index contributed by atoms with van der Waals surface area (Å²) in [5.41, 5.74) is 2.57. The Kier molecular flexibility index (Phi) is 4.16. The quantitative estimate of drug-likeness (QED) is 0.913. The lowest BCUT2D eigenvalue weighted by atomic mass is 10.1. The molecule has 4 nitrogen and oxygen atoms in total. The number of furan rings is 1. The van der Waals surface area contributed by atoms with Gasteiger partial charge in [-0.2, -0.15) is 0 Å². The zero-order valence-electron chi connectivity index (χ0n) is 10.5. The van der Waals surface area contributed by atoms with Crippen molar-refractivity contribution in [3.63, 3.8) is 0 Å². The van der Waals surface area contributed by atoms with Crippen LogP contribution < -0.4 is 0 Å². The van der Waals surface area contributed by atoms with Gasteiger partial charge in [0.25, 0.3) is 0 Å². The average molecular weight is 278 g/mol. The highest BCUT2D eigenvalue weighted by molar-refractivity contribution is 7.83. The molecule has 1 atom stereocenters. The van der Waals surface area contributed by atoms with Gasteiger partial charge in [-0.25, -0.2) is 4.79 Å². The predicted octanol–water partition coefficient (Wildman–Crippen LogP) is 2.74. The standard InChI is InChI=1S/C14H14O4S/c1-10-4-2-3-5-11(10)8-19(17)9-12-6-7-18-13(12)14(15)16/h2-7H,8-9H2,1H3,(H,15,16). The first kappa shape index (κ1) is 13.5. The summed E-state index contributed by atoms with van der Waals surface area (Å²) in [7, 11) is -1.16. The SMILES string of the molecule is Cc1ccccc1CS(=O)Cc1ccoc1C(=O)O. The Bertz CT molecular complexity index is 615. The van der Waals surface area contributed by atoms with Gasteiger partial charge < -0.3 is 9.52 Å². The molecule has 0 bridgehead atoms. The fourth-order valence-electron chi connectivity index (χ4n) is 1.81. The van der Waals surface area contributed by atoms with Crippen LogP contribution >= 0.6 is 0 Å². The molecule has 0 aliphatic heterocycles. The largest absolute Gasteiger partial charge is 0.475 e. The molecule has 0 amide bonds. The van der Waals surface area contributed by atoms with Crippen molar-refractivity contribution in [3.05, 3.63) is 59.0 Å². The summed E-state index contributed by atoms with van der Waals surface area (Å²) in [5.74, 6) is -0.658. The van der Waals surface area contributed by atoms with E-state index >= 15 is 0 Å². The third-order valence-electron chi connectivity index (χ3n) is 2.84. The van der Waals surface area contributed by atoms with Crippen molar-refractivity contribution in [1.82, 2.24) is 0 Å². The first-order valence-corrected chi connectivity index (χ1v) is 7.26. The van der Waals surface area contributed by atoms with Crippen molar-refractivity contribution in [3.8, 4) is 0 Å². The first-order chi connectivity index (χ1) is 9.08. The number of benzene rings is 1. The van der Waals surface area contributed by atoms with E-state index in [4.69, 9.17) is 9.52 Å². The number of carboxylic acid groups (broad SMARTS) is 1. The lowest BCUT2D eigenvalue weighted by Crippen LogP contribution is -2.04. The van der Waals surface area contributed by atoms with Gasteiger partial charge in [-0.15, -0.1) is 0 Å². The van der Waals surface area contributed by atoms with Crippen LogP contribution in [0.4, 0.5) is 0 Å². The molecule has 0 saturated carbocycles. The maximum Gasteiger partial charge on any atom is 0.372 e. The minimum Gasteiger partial charge on any atom is -0.475 e. The maximum absolute atomic E-state index is 12.1. The van der Waals surface area contributed by atoms with Crippen LogP contribution in [-0.2, 0) is 22.3 Å².